The molecule has 30 heavy (non-hydrogen) atoms. The molecule has 0 spiro atoms. The molecule has 1 unspecified atom stereocenters. The van der Waals surface area contributed by atoms with Crippen molar-refractivity contribution < 1.29 is 18.8 Å². The zero-order chi connectivity index (χ0) is 21.3. The molecule has 2 N–H and O–H groups in total. The van der Waals surface area contributed by atoms with Crippen molar-refractivity contribution in [1.82, 2.24) is 10.2 Å². The molecule has 8 nitrogen and oxygen atoms in total. The lowest BCUT2D eigenvalue weighted by atomic mass is 9.91. The molecule has 2 aliphatic rings. The van der Waals surface area contributed by atoms with Gasteiger partial charge in [-0.3, -0.25) is 19.3 Å². The van der Waals surface area contributed by atoms with Crippen molar-refractivity contribution in [3.8, 4) is 0 Å². The third-order valence-electron chi connectivity index (χ3n) is 5.69. The molecule has 2 aliphatic heterocycles. The quantitative estimate of drug-likeness (QED) is 0.734. The summed E-state index contributed by atoms with van der Waals surface area (Å²) in [5.74, 6) is -0.532. The van der Waals surface area contributed by atoms with E-state index in [9.17, 15) is 14.4 Å². The third-order valence-corrected chi connectivity index (χ3v) is 5.69. The van der Waals surface area contributed by atoms with E-state index in [2.05, 4.69) is 10.6 Å². The highest BCUT2D eigenvalue weighted by molar-refractivity contribution is 6.39. The Morgan fingerprint density at radius 1 is 1.17 bits per heavy atom. The third kappa shape index (κ3) is 3.95. The van der Waals surface area contributed by atoms with Crippen molar-refractivity contribution in [1.29, 1.82) is 0 Å². The number of hydrogen-bond acceptors (Lipinski definition) is 5. The van der Waals surface area contributed by atoms with Crippen LogP contribution in [-0.2, 0) is 27.2 Å². The number of carbonyl (C=O) groups is 3. The average Bonchev–Trinajstić information content (AvgIpc) is 3.24. The SMILES string of the molecule is CN(C)C(CNC(=O)C(=O)Nc1cc2c3c(c1)CCC(=O)N3CCC2)c1ccco1. The number of amides is 3. The van der Waals surface area contributed by atoms with Crippen LogP contribution < -0.4 is 15.5 Å². The van der Waals surface area contributed by atoms with Crippen LogP contribution in [0.3, 0.4) is 0 Å². The predicted molar refractivity (Wildman–Crippen MR) is 112 cm³/mol. The lowest BCUT2D eigenvalue weighted by Gasteiger charge is -2.35. The number of furan rings is 1. The Balaban J connectivity index is 1.43. The second-order valence-corrected chi connectivity index (χ2v) is 7.95. The Kier molecular flexibility index (Phi) is 5.59. The maximum atomic E-state index is 12.5. The van der Waals surface area contributed by atoms with Crippen LogP contribution in [0.1, 0.15) is 35.8 Å². The minimum Gasteiger partial charge on any atom is -0.468 e. The highest BCUT2D eigenvalue weighted by Gasteiger charge is 2.30. The molecule has 1 aromatic carbocycles. The topological polar surface area (TPSA) is 94.9 Å². The molecule has 3 amide bonds. The van der Waals surface area contributed by atoms with Crippen molar-refractivity contribution in [3.63, 3.8) is 0 Å². The molecule has 3 heterocycles. The van der Waals surface area contributed by atoms with E-state index in [1.807, 2.05) is 42.1 Å². The first-order chi connectivity index (χ1) is 14.4. The fraction of sp³-hybridized carbons (Fsp3) is 0.409. The van der Waals surface area contributed by atoms with Crippen molar-refractivity contribution in [2.45, 2.75) is 31.7 Å². The fourth-order valence-corrected chi connectivity index (χ4v) is 4.20. The number of likely N-dealkylation sites (N-methyl/N-ethyl adjacent to an activating group) is 1. The summed E-state index contributed by atoms with van der Waals surface area (Å²) >= 11 is 0. The van der Waals surface area contributed by atoms with Gasteiger partial charge in [0.25, 0.3) is 0 Å². The molecule has 1 atom stereocenters. The molecule has 0 saturated carbocycles. The number of aryl methyl sites for hydroxylation is 2. The summed E-state index contributed by atoms with van der Waals surface area (Å²) in [6.45, 7) is 0.995. The second-order valence-electron chi connectivity index (χ2n) is 7.95. The molecule has 0 aliphatic carbocycles. The number of rotatable bonds is 5. The summed E-state index contributed by atoms with van der Waals surface area (Å²) in [4.78, 5) is 40.8. The molecule has 1 aromatic heterocycles. The van der Waals surface area contributed by atoms with E-state index in [1.54, 1.807) is 12.3 Å². The summed E-state index contributed by atoms with van der Waals surface area (Å²) in [7, 11) is 3.76. The van der Waals surface area contributed by atoms with Crippen molar-refractivity contribution in [3.05, 3.63) is 47.4 Å². The van der Waals surface area contributed by atoms with Crippen LogP contribution in [0.15, 0.2) is 34.9 Å². The minimum absolute atomic E-state index is 0.159. The van der Waals surface area contributed by atoms with E-state index in [1.165, 1.54) is 0 Å². The normalized spacial score (nSPS) is 16.2. The van der Waals surface area contributed by atoms with Gasteiger partial charge in [-0.05, 0) is 68.8 Å². The van der Waals surface area contributed by atoms with Crippen LogP contribution in [0.2, 0.25) is 0 Å². The maximum Gasteiger partial charge on any atom is 0.313 e. The van der Waals surface area contributed by atoms with Gasteiger partial charge in [0.15, 0.2) is 0 Å². The highest BCUT2D eigenvalue weighted by Crippen LogP contribution is 2.37. The van der Waals surface area contributed by atoms with Gasteiger partial charge in [-0.2, -0.15) is 0 Å². The van der Waals surface area contributed by atoms with Gasteiger partial charge in [-0.15, -0.1) is 0 Å². The number of benzene rings is 1. The summed E-state index contributed by atoms with van der Waals surface area (Å²) < 4.78 is 5.42. The molecular weight excluding hydrogens is 384 g/mol. The zero-order valence-corrected chi connectivity index (χ0v) is 17.2. The zero-order valence-electron chi connectivity index (χ0n) is 17.2. The first-order valence-electron chi connectivity index (χ1n) is 10.2. The maximum absolute atomic E-state index is 12.5. The van der Waals surface area contributed by atoms with Gasteiger partial charge in [0.05, 0.1) is 18.0 Å². The van der Waals surface area contributed by atoms with Gasteiger partial charge >= 0.3 is 11.8 Å². The van der Waals surface area contributed by atoms with Crippen LogP contribution in [0.25, 0.3) is 0 Å². The van der Waals surface area contributed by atoms with Crippen LogP contribution >= 0.6 is 0 Å². The molecule has 158 valence electrons. The van der Waals surface area contributed by atoms with E-state index in [0.29, 0.717) is 24.3 Å². The largest absolute Gasteiger partial charge is 0.468 e. The predicted octanol–water partition coefficient (Wildman–Crippen LogP) is 1.86. The number of hydrogen-bond donors (Lipinski definition) is 2. The van der Waals surface area contributed by atoms with Crippen molar-refractivity contribution in [2.24, 2.45) is 0 Å². The molecule has 0 radical (unpaired) electrons. The lowest BCUT2D eigenvalue weighted by Crippen LogP contribution is -2.40. The van der Waals surface area contributed by atoms with Gasteiger partial charge < -0.3 is 20.0 Å². The Bertz CT molecular complexity index is 951. The first-order valence-corrected chi connectivity index (χ1v) is 10.2. The smallest absolute Gasteiger partial charge is 0.313 e. The standard InChI is InChI=1S/C22H26N4O4/c1-25(2)17(18-6-4-10-30-18)13-23-21(28)22(29)24-16-11-14-5-3-9-26-19(27)8-7-15(12-16)20(14)26/h4,6,10-12,17H,3,5,7-9,13H2,1-2H3,(H,23,28)(H,24,29). The Labute approximate surface area is 175 Å². The van der Waals surface area contributed by atoms with Crippen molar-refractivity contribution in [2.75, 3.05) is 37.4 Å². The van der Waals surface area contributed by atoms with E-state index < -0.39 is 11.8 Å². The molecule has 8 heteroatoms. The van der Waals surface area contributed by atoms with Crippen molar-refractivity contribution >= 4 is 29.1 Å². The van der Waals surface area contributed by atoms with Crippen LogP contribution in [0, 0.1) is 0 Å². The first kappa shape index (κ1) is 20.2. The molecule has 0 fully saturated rings. The number of anilines is 2. The van der Waals surface area contributed by atoms with Gasteiger partial charge in [-0.25, -0.2) is 0 Å². The van der Waals surface area contributed by atoms with E-state index in [4.69, 9.17) is 4.42 Å². The summed E-state index contributed by atoms with van der Waals surface area (Å²) in [5, 5.41) is 5.39. The second kappa shape index (κ2) is 8.31. The molecule has 2 aromatic rings. The molecular formula is C22H26N4O4. The summed E-state index contributed by atoms with van der Waals surface area (Å²) in [6, 6.07) is 7.20. The fourth-order valence-electron chi connectivity index (χ4n) is 4.20. The van der Waals surface area contributed by atoms with Gasteiger partial charge in [0, 0.05) is 25.2 Å². The average molecular weight is 410 g/mol. The van der Waals surface area contributed by atoms with Gasteiger partial charge in [-0.1, -0.05) is 0 Å². The monoisotopic (exact) mass is 410 g/mol. The highest BCUT2D eigenvalue weighted by atomic mass is 16.3. The van der Waals surface area contributed by atoms with E-state index in [0.717, 1.165) is 36.2 Å². The number of carbonyl (C=O) groups excluding carboxylic acids is 3. The van der Waals surface area contributed by atoms with Gasteiger partial charge in [0.1, 0.15) is 5.76 Å². The number of nitrogens with zero attached hydrogens (tertiary/aromatic N) is 2. The molecule has 4 rings (SSSR count). The van der Waals surface area contributed by atoms with Crippen LogP contribution in [0.4, 0.5) is 11.4 Å². The summed E-state index contributed by atoms with van der Waals surface area (Å²) in [6.07, 6.45) is 4.46. The minimum atomic E-state index is -0.710. The number of nitrogens with one attached hydrogen (secondary N) is 2. The summed E-state index contributed by atoms with van der Waals surface area (Å²) in [5.41, 5.74) is 3.68. The van der Waals surface area contributed by atoms with Gasteiger partial charge in [0.2, 0.25) is 5.91 Å². The Morgan fingerprint density at radius 2 is 1.93 bits per heavy atom. The molecule has 0 saturated heterocycles. The Hall–Kier alpha value is -3.13. The Morgan fingerprint density at radius 3 is 2.63 bits per heavy atom. The van der Waals surface area contributed by atoms with E-state index in [-0.39, 0.29) is 18.5 Å². The van der Waals surface area contributed by atoms with Crippen LogP contribution in [0.5, 0.6) is 0 Å². The van der Waals surface area contributed by atoms with Crippen LogP contribution in [-0.4, -0.2) is 49.8 Å². The lowest BCUT2D eigenvalue weighted by molar-refractivity contribution is -0.136. The molecule has 0 bridgehead atoms. The van der Waals surface area contributed by atoms with E-state index >= 15 is 0 Å².